The maximum absolute atomic E-state index is 5.06. The van der Waals surface area contributed by atoms with Crippen molar-refractivity contribution in [1.82, 2.24) is 0 Å². The molecule has 92 valence electrons. The molecule has 3 nitrogen and oxygen atoms in total. The molecular weight excluding hydrogens is 204 g/mol. The van der Waals surface area contributed by atoms with Gasteiger partial charge < -0.3 is 14.2 Å². The minimum Gasteiger partial charge on any atom is -0.382 e. The number of aryl methyl sites for hydroxylation is 1. The first kappa shape index (κ1) is 15.1. The average Bonchev–Trinajstić information content (AvgIpc) is 2.31. The van der Waals surface area contributed by atoms with Gasteiger partial charge in [0.1, 0.15) is 0 Å². The minimum atomic E-state index is 0.653. The lowest BCUT2D eigenvalue weighted by molar-refractivity contribution is 0.0385. The van der Waals surface area contributed by atoms with Gasteiger partial charge in [0.2, 0.25) is 0 Å². The van der Waals surface area contributed by atoms with Crippen molar-refractivity contribution < 1.29 is 14.2 Å². The van der Waals surface area contributed by atoms with Crippen molar-refractivity contribution in [2.24, 2.45) is 0 Å². The molecule has 0 spiro atoms. The van der Waals surface area contributed by atoms with E-state index in [1.807, 2.05) is 18.2 Å². The number of benzene rings is 1. The maximum Gasteiger partial charge on any atom is 0.0701 e. The van der Waals surface area contributed by atoms with Gasteiger partial charge in [0, 0.05) is 14.2 Å². The standard InChI is InChI=1S/C7H8.C6H14O3/c1-7-5-3-2-4-6-7;1-7-3-5-9-6-4-8-2/h2-6H,1H3;3-6H2,1-2H3. The molecule has 0 N–H and O–H groups in total. The third-order valence-corrected chi connectivity index (χ3v) is 1.80. The Hall–Kier alpha value is -0.900. The predicted molar refractivity (Wildman–Crippen MR) is 65.8 cm³/mol. The molecule has 0 heterocycles. The molecule has 0 radical (unpaired) electrons. The first-order valence-corrected chi connectivity index (χ1v) is 5.38. The summed E-state index contributed by atoms with van der Waals surface area (Å²) < 4.78 is 14.6. The second-order valence-corrected chi connectivity index (χ2v) is 3.25. The van der Waals surface area contributed by atoms with Crippen LogP contribution in [0.4, 0.5) is 0 Å². The van der Waals surface area contributed by atoms with Gasteiger partial charge in [-0.25, -0.2) is 0 Å². The number of rotatable bonds is 6. The van der Waals surface area contributed by atoms with Gasteiger partial charge in [0.05, 0.1) is 26.4 Å². The fourth-order valence-corrected chi connectivity index (χ4v) is 0.921. The van der Waals surface area contributed by atoms with E-state index in [9.17, 15) is 0 Å². The molecular formula is C13H22O3. The van der Waals surface area contributed by atoms with Crippen molar-refractivity contribution >= 4 is 0 Å². The highest BCUT2D eigenvalue weighted by Crippen LogP contribution is 1.92. The van der Waals surface area contributed by atoms with Crippen LogP contribution in [0, 0.1) is 6.92 Å². The van der Waals surface area contributed by atoms with E-state index in [2.05, 4.69) is 19.1 Å². The van der Waals surface area contributed by atoms with E-state index in [0.29, 0.717) is 26.4 Å². The van der Waals surface area contributed by atoms with E-state index in [1.54, 1.807) is 14.2 Å². The zero-order chi connectivity index (χ0) is 12.1. The molecule has 3 heteroatoms. The van der Waals surface area contributed by atoms with Crippen LogP contribution in [0.3, 0.4) is 0 Å². The van der Waals surface area contributed by atoms with Gasteiger partial charge in [0.25, 0.3) is 0 Å². The quantitative estimate of drug-likeness (QED) is 0.697. The summed E-state index contributed by atoms with van der Waals surface area (Å²) in [6, 6.07) is 10.3. The van der Waals surface area contributed by atoms with Gasteiger partial charge in [-0.05, 0) is 6.92 Å². The minimum absolute atomic E-state index is 0.653. The molecule has 0 atom stereocenters. The Morgan fingerprint density at radius 2 is 1.31 bits per heavy atom. The van der Waals surface area contributed by atoms with Crippen LogP contribution < -0.4 is 0 Å². The van der Waals surface area contributed by atoms with Gasteiger partial charge >= 0.3 is 0 Å². The Morgan fingerprint density at radius 1 is 0.812 bits per heavy atom. The highest BCUT2D eigenvalue weighted by molar-refractivity contribution is 5.11. The largest absolute Gasteiger partial charge is 0.382 e. The third-order valence-electron chi connectivity index (χ3n) is 1.80. The monoisotopic (exact) mass is 226 g/mol. The summed E-state index contributed by atoms with van der Waals surface area (Å²) in [7, 11) is 3.30. The van der Waals surface area contributed by atoms with E-state index in [4.69, 9.17) is 14.2 Å². The zero-order valence-corrected chi connectivity index (χ0v) is 10.4. The summed E-state index contributed by atoms with van der Waals surface area (Å²) >= 11 is 0. The van der Waals surface area contributed by atoms with Crippen molar-refractivity contribution in [3.8, 4) is 0 Å². The van der Waals surface area contributed by atoms with Crippen LogP contribution in [-0.2, 0) is 14.2 Å². The first-order valence-electron chi connectivity index (χ1n) is 5.38. The van der Waals surface area contributed by atoms with E-state index < -0.39 is 0 Å². The van der Waals surface area contributed by atoms with Crippen LogP contribution in [0.1, 0.15) is 5.56 Å². The fraction of sp³-hybridized carbons (Fsp3) is 0.538. The lowest BCUT2D eigenvalue weighted by Gasteiger charge is -2.00. The van der Waals surface area contributed by atoms with Crippen LogP contribution >= 0.6 is 0 Å². The van der Waals surface area contributed by atoms with Gasteiger partial charge in [-0.2, -0.15) is 0 Å². The Bertz CT molecular complexity index is 218. The van der Waals surface area contributed by atoms with Crippen LogP contribution in [-0.4, -0.2) is 40.6 Å². The Kier molecular flexibility index (Phi) is 11.5. The Morgan fingerprint density at radius 3 is 1.62 bits per heavy atom. The molecule has 0 aliphatic rings. The number of hydrogen-bond donors (Lipinski definition) is 0. The van der Waals surface area contributed by atoms with Gasteiger partial charge in [-0.1, -0.05) is 35.9 Å². The third kappa shape index (κ3) is 11.2. The predicted octanol–water partition coefficient (Wildman–Crippen LogP) is 2.29. The summed E-state index contributed by atoms with van der Waals surface area (Å²) in [5.41, 5.74) is 1.32. The van der Waals surface area contributed by atoms with E-state index in [0.717, 1.165) is 0 Å². The smallest absolute Gasteiger partial charge is 0.0701 e. The highest BCUT2D eigenvalue weighted by atomic mass is 16.5. The summed E-state index contributed by atoms with van der Waals surface area (Å²) in [6.07, 6.45) is 0. The molecule has 0 aliphatic carbocycles. The molecule has 0 saturated carbocycles. The number of hydrogen-bond acceptors (Lipinski definition) is 3. The van der Waals surface area contributed by atoms with Crippen molar-refractivity contribution in [2.75, 3.05) is 40.6 Å². The topological polar surface area (TPSA) is 27.7 Å². The molecule has 1 aromatic rings. The molecule has 0 saturated heterocycles. The maximum atomic E-state index is 5.06. The molecule has 0 unspecified atom stereocenters. The van der Waals surface area contributed by atoms with Crippen molar-refractivity contribution in [2.45, 2.75) is 6.92 Å². The number of methoxy groups -OCH3 is 2. The van der Waals surface area contributed by atoms with Crippen LogP contribution in [0.15, 0.2) is 30.3 Å². The fourth-order valence-electron chi connectivity index (χ4n) is 0.921. The summed E-state index contributed by atoms with van der Waals surface area (Å²) in [5.74, 6) is 0. The van der Waals surface area contributed by atoms with E-state index in [-0.39, 0.29) is 0 Å². The average molecular weight is 226 g/mol. The SMILES string of the molecule is COCCOCCOC.Cc1ccccc1. The van der Waals surface area contributed by atoms with E-state index >= 15 is 0 Å². The number of ether oxygens (including phenoxy) is 3. The lowest BCUT2D eigenvalue weighted by atomic mass is 10.2. The second-order valence-electron chi connectivity index (χ2n) is 3.25. The van der Waals surface area contributed by atoms with Gasteiger partial charge in [0.15, 0.2) is 0 Å². The molecule has 0 aromatic heterocycles. The Labute approximate surface area is 98.3 Å². The first-order chi connectivity index (χ1) is 7.81. The van der Waals surface area contributed by atoms with Crippen LogP contribution in [0.25, 0.3) is 0 Å². The van der Waals surface area contributed by atoms with E-state index in [1.165, 1.54) is 5.56 Å². The molecule has 0 amide bonds. The summed E-state index contributed by atoms with van der Waals surface area (Å²) in [4.78, 5) is 0. The van der Waals surface area contributed by atoms with Gasteiger partial charge in [-0.3, -0.25) is 0 Å². The van der Waals surface area contributed by atoms with Gasteiger partial charge in [-0.15, -0.1) is 0 Å². The Balaban J connectivity index is 0.000000288. The molecule has 0 bridgehead atoms. The van der Waals surface area contributed by atoms with Crippen molar-refractivity contribution in [1.29, 1.82) is 0 Å². The zero-order valence-electron chi connectivity index (χ0n) is 10.4. The summed E-state index contributed by atoms with van der Waals surface area (Å²) in [6.45, 7) is 4.70. The lowest BCUT2D eigenvalue weighted by Crippen LogP contribution is -2.06. The van der Waals surface area contributed by atoms with Crippen molar-refractivity contribution in [3.63, 3.8) is 0 Å². The second kappa shape index (κ2) is 12.2. The summed E-state index contributed by atoms with van der Waals surface area (Å²) in [5, 5.41) is 0. The normalized spacial score (nSPS) is 9.44. The van der Waals surface area contributed by atoms with Crippen LogP contribution in [0.5, 0.6) is 0 Å². The molecule has 16 heavy (non-hydrogen) atoms. The molecule has 0 aliphatic heterocycles. The molecule has 0 fully saturated rings. The van der Waals surface area contributed by atoms with Crippen LogP contribution in [0.2, 0.25) is 0 Å². The molecule has 1 aromatic carbocycles. The molecule has 1 rings (SSSR count). The highest BCUT2D eigenvalue weighted by Gasteiger charge is 1.84. The van der Waals surface area contributed by atoms with Crippen molar-refractivity contribution in [3.05, 3.63) is 35.9 Å².